The van der Waals surface area contributed by atoms with Gasteiger partial charge in [0, 0.05) is 0 Å². The van der Waals surface area contributed by atoms with Crippen LogP contribution in [0.3, 0.4) is 0 Å². The van der Waals surface area contributed by atoms with Gasteiger partial charge in [0.2, 0.25) is 0 Å². The van der Waals surface area contributed by atoms with Crippen LogP contribution < -0.4 is 0 Å². The van der Waals surface area contributed by atoms with Gasteiger partial charge in [-0.25, -0.2) is 0 Å². The second-order valence-electron chi connectivity index (χ2n) is 3.79. The van der Waals surface area contributed by atoms with Crippen molar-refractivity contribution in [3.05, 3.63) is 12.4 Å². The van der Waals surface area contributed by atoms with Gasteiger partial charge in [0.25, 0.3) is 0 Å². The van der Waals surface area contributed by atoms with Gasteiger partial charge in [0.1, 0.15) is 0 Å². The van der Waals surface area contributed by atoms with Crippen LogP contribution in [0.15, 0.2) is 12.4 Å². The van der Waals surface area contributed by atoms with Gasteiger partial charge in [-0.1, -0.05) is 64.3 Å². The molecule has 13 heavy (non-hydrogen) atoms. The number of rotatable bonds is 3. The first-order chi connectivity index (χ1) is 6.35. The molecule has 0 nitrogen and oxygen atoms in total. The third-order valence-electron chi connectivity index (χ3n) is 2.63. The monoisotopic (exact) mass is 200 g/mol. The Morgan fingerprint density at radius 2 is 1.85 bits per heavy atom. The number of hydrogen-bond donors (Lipinski definition) is 0. The Hall–Kier alpha value is 0.170. The first-order valence-corrected chi connectivity index (χ1v) is 7.21. The number of hydrogen-bond acceptors (Lipinski definition) is 0. The van der Waals surface area contributed by atoms with E-state index < -0.39 is 0 Å². The van der Waals surface area contributed by atoms with Gasteiger partial charge in [0.05, 0.1) is 0 Å². The summed E-state index contributed by atoms with van der Waals surface area (Å²) < 4.78 is 0. The second-order valence-corrected chi connectivity index (χ2v) is 4.77. The van der Waals surface area contributed by atoms with E-state index in [4.69, 9.17) is 0 Å². The molecule has 0 N–H and O–H groups in total. The summed E-state index contributed by atoms with van der Waals surface area (Å²) in [6.07, 6.45) is 10.4. The van der Waals surface area contributed by atoms with Crippen LogP contribution in [-0.2, 0) is 0 Å². The summed E-state index contributed by atoms with van der Waals surface area (Å²) in [4.78, 5) is 0. The van der Waals surface area contributed by atoms with E-state index in [-0.39, 0.29) is 0 Å². The van der Waals surface area contributed by atoms with E-state index >= 15 is 0 Å². The average molecular weight is 200 g/mol. The molecule has 1 saturated carbocycles. The highest BCUT2D eigenvalue weighted by atomic mass is 31.1. The summed E-state index contributed by atoms with van der Waals surface area (Å²) in [5.74, 6) is 3.00. The topological polar surface area (TPSA) is 0 Å². The van der Waals surface area contributed by atoms with Crippen LogP contribution in [0.1, 0.15) is 51.9 Å². The Kier molecular flexibility index (Phi) is 10.4. The molecule has 78 valence electrons. The maximum Gasteiger partial charge on any atom is -0.0414 e. The molecule has 0 spiro atoms. The van der Waals surface area contributed by atoms with Crippen LogP contribution in [0.2, 0.25) is 0 Å². The molecule has 0 bridgehead atoms. The Morgan fingerprint density at radius 3 is 2.23 bits per heavy atom. The molecule has 0 aromatic rings. The third-order valence-corrected chi connectivity index (χ3v) is 3.03. The van der Waals surface area contributed by atoms with E-state index in [1.807, 2.05) is 5.82 Å². The molecule has 1 aliphatic rings. The molecule has 1 aliphatic carbocycles. The molecular weight excluding hydrogens is 175 g/mol. The molecule has 0 heterocycles. The highest BCUT2D eigenvalue weighted by Crippen LogP contribution is 2.26. The average Bonchev–Trinajstić information content (AvgIpc) is 2.20. The first-order valence-electron chi connectivity index (χ1n) is 5.63. The van der Waals surface area contributed by atoms with E-state index in [0.717, 1.165) is 14.5 Å². The normalized spacial score (nSPS) is 18.3. The Bertz CT molecular complexity index is 101. The van der Waals surface area contributed by atoms with Crippen LogP contribution in [-0.4, -0.2) is 6.66 Å². The van der Waals surface area contributed by atoms with E-state index in [0.29, 0.717) is 0 Å². The Morgan fingerprint density at radius 1 is 1.31 bits per heavy atom. The van der Waals surface area contributed by atoms with E-state index in [1.165, 1.54) is 44.9 Å². The SMILES string of the molecule is C=CPC.CCCC1CCCCC1. The van der Waals surface area contributed by atoms with Gasteiger partial charge in [0.15, 0.2) is 0 Å². The molecule has 1 heteroatoms. The second kappa shape index (κ2) is 10.3. The minimum Gasteiger partial charge on any atom is -0.102 e. The molecule has 1 unspecified atom stereocenters. The molecule has 0 aliphatic heterocycles. The fourth-order valence-corrected chi connectivity index (χ4v) is 1.88. The lowest BCUT2D eigenvalue weighted by Gasteiger charge is -2.20. The van der Waals surface area contributed by atoms with Gasteiger partial charge >= 0.3 is 0 Å². The largest absolute Gasteiger partial charge is 0.102 e. The fourth-order valence-electron chi connectivity index (χ4n) is 1.88. The minimum absolute atomic E-state index is 0.904. The zero-order valence-electron chi connectivity index (χ0n) is 9.31. The predicted octanol–water partition coefficient (Wildman–Crippen LogP) is 4.81. The predicted molar refractivity (Wildman–Crippen MR) is 65.9 cm³/mol. The molecule has 0 aromatic heterocycles. The molecule has 1 rings (SSSR count). The molecule has 0 radical (unpaired) electrons. The van der Waals surface area contributed by atoms with Crippen molar-refractivity contribution in [2.45, 2.75) is 51.9 Å². The van der Waals surface area contributed by atoms with Gasteiger partial charge < -0.3 is 0 Å². The summed E-state index contributed by atoms with van der Waals surface area (Å²) >= 11 is 0. The Labute approximate surface area is 86.0 Å². The van der Waals surface area contributed by atoms with Crippen LogP contribution in [0.5, 0.6) is 0 Å². The van der Waals surface area contributed by atoms with Crippen molar-refractivity contribution in [2.24, 2.45) is 5.92 Å². The fraction of sp³-hybridized carbons (Fsp3) is 0.833. The summed E-state index contributed by atoms with van der Waals surface area (Å²) in [5.41, 5.74) is 0. The highest BCUT2D eigenvalue weighted by Gasteiger charge is 2.10. The van der Waals surface area contributed by atoms with Gasteiger partial charge in [-0.15, -0.1) is 8.58 Å². The van der Waals surface area contributed by atoms with Gasteiger partial charge in [-0.2, -0.15) is 0 Å². The quantitative estimate of drug-likeness (QED) is 0.574. The molecule has 1 fully saturated rings. The summed E-state index contributed by atoms with van der Waals surface area (Å²) in [6, 6.07) is 0. The smallest absolute Gasteiger partial charge is 0.0414 e. The van der Waals surface area contributed by atoms with E-state index in [9.17, 15) is 0 Å². The Balaban J connectivity index is 0.000000310. The lowest BCUT2D eigenvalue weighted by Crippen LogP contribution is -2.04. The third kappa shape index (κ3) is 8.50. The lowest BCUT2D eigenvalue weighted by atomic mass is 9.86. The van der Waals surface area contributed by atoms with Gasteiger partial charge in [-0.05, 0) is 12.6 Å². The van der Waals surface area contributed by atoms with Crippen molar-refractivity contribution < 1.29 is 0 Å². The highest BCUT2D eigenvalue weighted by molar-refractivity contribution is 7.40. The zero-order valence-corrected chi connectivity index (χ0v) is 10.3. The zero-order chi connectivity index (χ0) is 9.94. The maximum absolute atomic E-state index is 3.49. The van der Waals surface area contributed by atoms with Crippen molar-refractivity contribution in [1.82, 2.24) is 0 Å². The van der Waals surface area contributed by atoms with E-state index in [1.54, 1.807) is 0 Å². The van der Waals surface area contributed by atoms with Crippen molar-refractivity contribution in [2.75, 3.05) is 6.66 Å². The van der Waals surface area contributed by atoms with Crippen molar-refractivity contribution in [3.63, 3.8) is 0 Å². The van der Waals surface area contributed by atoms with Crippen molar-refractivity contribution >= 4 is 8.58 Å². The molecular formula is C12H25P. The summed E-state index contributed by atoms with van der Waals surface area (Å²) in [5, 5.41) is 0. The first kappa shape index (κ1) is 13.2. The summed E-state index contributed by atoms with van der Waals surface area (Å²) in [6.45, 7) is 7.88. The molecule has 0 aromatic carbocycles. The van der Waals surface area contributed by atoms with Crippen LogP contribution in [0.4, 0.5) is 0 Å². The summed E-state index contributed by atoms with van der Waals surface area (Å²) in [7, 11) is 0.904. The molecule has 0 amide bonds. The lowest BCUT2D eigenvalue weighted by molar-refractivity contribution is 0.336. The molecule has 1 atom stereocenters. The molecule has 0 saturated heterocycles. The van der Waals surface area contributed by atoms with Crippen molar-refractivity contribution in [1.29, 1.82) is 0 Å². The van der Waals surface area contributed by atoms with Crippen LogP contribution in [0, 0.1) is 5.92 Å². The standard InChI is InChI=1S/C9H18.C3H7P/c1-2-6-9-7-4-3-5-8-9;1-3-4-2/h9H,2-8H2,1H3;3-4H,1H2,2H3. The van der Waals surface area contributed by atoms with Crippen LogP contribution >= 0.6 is 8.58 Å². The van der Waals surface area contributed by atoms with Crippen LogP contribution in [0.25, 0.3) is 0 Å². The van der Waals surface area contributed by atoms with Crippen molar-refractivity contribution in [3.8, 4) is 0 Å². The minimum atomic E-state index is 0.904. The van der Waals surface area contributed by atoms with Gasteiger partial charge in [-0.3, -0.25) is 0 Å². The van der Waals surface area contributed by atoms with E-state index in [2.05, 4.69) is 20.2 Å². The maximum atomic E-state index is 3.49.